The van der Waals surface area contributed by atoms with Crippen molar-refractivity contribution in [1.82, 2.24) is 15.2 Å². The lowest BCUT2D eigenvalue weighted by Crippen LogP contribution is -2.22. The van der Waals surface area contributed by atoms with Gasteiger partial charge in [0.15, 0.2) is 5.82 Å². The van der Waals surface area contributed by atoms with Crippen molar-refractivity contribution >= 4 is 44.7 Å². The highest BCUT2D eigenvalue weighted by atomic mass is 32.2. The molecule has 8 nitrogen and oxygen atoms in total. The number of carbonyl (C=O) groups is 1. The number of anilines is 1. The molecule has 0 saturated heterocycles. The SMILES string of the molecule is CC(Sc1n[nH]c(-c2cccs2)n1)C(=O)Nc1ccc(S(N)(=O)=O)cc1. The Morgan fingerprint density at radius 1 is 1.31 bits per heavy atom. The van der Waals surface area contributed by atoms with Gasteiger partial charge in [-0.3, -0.25) is 9.89 Å². The average Bonchev–Trinajstić information content (AvgIpc) is 3.25. The number of amides is 1. The van der Waals surface area contributed by atoms with Gasteiger partial charge in [-0.15, -0.1) is 16.4 Å². The number of aromatic amines is 1. The van der Waals surface area contributed by atoms with Crippen molar-refractivity contribution in [2.75, 3.05) is 5.32 Å². The maximum absolute atomic E-state index is 12.3. The van der Waals surface area contributed by atoms with Crippen LogP contribution in [0.2, 0.25) is 0 Å². The van der Waals surface area contributed by atoms with E-state index in [2.05, 4.69) is 20.5 Å². The van der Waals surface area contributed by atoms with Crippen molar-refractivity contribution in [2.45, 2.75) is 22.2 Å². The van der Waals surface area contributed by atoms with Gasteiger partial charge in [-0.05, 0) is 42.6 Å². The van der Waals surface area contributed by atoms with E-state index in [-0.39, 0.29) is 10.8 Å². The van der Waals surface area contributed by atoms with Crippen molar-refractivity contribution in [3.8, 4) is 10.7 Å². The van der Waals surface area contributed by atoms with Crippen molar-refractivity contribution in [1.29, 1.82) is 0 Å². The molecule has 0 aliphatic rings. The third kappa shape index (κ3) is 4.49. The van der Waals surface area contributed by atoms with Crippen molar-refractivity contribution < 1.29 is 13.2 Å². The number of carbonyl (C=O) groups excluding carboxylic acids is 1. The number of thiophene rings is 1. The molecule has 4 N–H and O–H groups in total. The highest BCUT2D eigenvalue weighted by Crippen LogP contribution is 2.25. The van der Waals surface area contributed by atoms with Crippen LogP contribution in [-0.2, 0) is 14.8 Å². The Kier molecular flexibility index (Phi) is 5.41. The van der Waals surface area contributed by atoms with Crippen molar-refractivity contribution in [3.05, 3.63) is 41.8 Å². The second-order valence-corrected chi connectivity index (χ2v) is 9.08. The number of H-pyrrole nitrogens is 1. The molecule has 2 heterocycles. The van der Waals surface area contributed by atoms with E-state index in [1.165, 1.54) is 36.0 Å². The van der Waals surface area contributed by atoms with Gasteiger partial charge in [0.25, 0.3) is 0 Å². The summed E-state index contributed by atoms with van der Waals surface area (Å²) in [5.41, 5.74) is 0.476. The van der Waals surface area contributed by atoms with Gasteiger partial charge in [0.2, 0.25) is 21.1 Å². The van der Waals surface area contributed by atoms with Crippen LogP contribution in [0.4, 0.5) is 5.69 Å². The maximum Gasteiger partial charge on any atom is 0.238 e. The number of nitrogens with two attached hydrogens (primary N) is 1. The number of nitrogens with zero attached hydrogens (tertiary/aromatic N) is 2. The second-order valence-electron chi connectivity index (χ2n) is 5.26. The monoisotopic (exact) mass is 409 g/mol. The molecule has 1 amide bonds. The molecule has 1 aromatic carbocycles. The average molecular weight is 410 g/mol. The van der Waals surface area contributed by atoms with Gasteiger partial charge < -0.3 is 5.32 Å². The van der Waals surface area contributed by atoms with E-state index in [9.17, 15) is 13.2 Å². The standard InChI is InChI=1S/C15H15N5O3S3/c1-9(25-15-18-13(19-20-15)12-3-2-8-24-12)14(21)17-10-4-6-11(7-5-10)26(16,22)23/h2-9H,1H3,(H,17,21)(H2,16,22,23)(H,18,19,20). The minimum atomic E-state index is -3.76. The van der Waals surface area contributed by atoms with Gasteiger partial charge in [-0.1, -0.05) is 17.8 Å². The zero-order valence-corrected chi connectivity index (χ0v) is 16.0. The fourth-order valence-corrected chi connectivity index (χ4v) is 3.91. The Labute approximate surface area is 158 Å². The molecule has 2 aromatic heterocycles. The summed E-state index contributed by atoms with van der Waals surface area (Å²) in [4.78, 5) is 17.6. The van der Waals surface area contributed by atoms with E-state index >= 15 is 0 Å². The number of nitrogens with one attached hydrogen (secondary N) is 2. The fraction of sp³-hybridized carbons (Fsp3) is 0.133. The first-order valence-corrected chi connectivity index (χ1v) is 10.7. The molecule has 1 atom stereocenters. The van der Waals surface area contributed by atoms with Crippen LogP contribution in [0.3, 0.4) is 0 Å². The molecule has 11 heteroatoms. The van der Waals surface area contributed by atoms with E-state index in [1.54, 1.807) is 18.3 Å². The molecule has 3 rings (SSSR count). The summed E-state index contributed by atoms with van der Waals surface area (Å²) in [5.74, 6) is 0.412. The number of primary sulfonamides is 1. The number of benzene rings is 1. The second kappa shape index (κ2) is 7.58. The summed E-state index contributed by atoms with van der Waals surface area (Å²) in [6.45, 7) is 1.74. The smallest absolute Gasteiger partial charge is 0.238 e. The third-order valence-electron chi connectivity index (χ3n) is 3.32. The zero-order valence-electron chi connectivity index (χ0n) is 13.5. The number of hydrogen-bond acceptors (Lipinski definition) is 7. The Balaban J connectivity index is 1.61. The number of rotatable bonds is 6. The van der Waals surface area contributed by atoms with Crippen LogP contribution < -0.4 is 10.5 Å². The third-order valence-corrected chi connectivity index (χ3v) is 6.09. The normalized spacial score (nSPS) is 12.7. The Hall–Kier alpha value is -2.21. The molecule has 0 aliphatic heterocycles. The summed E-state index contributed by atoms with van der Waals surface area (Å²) in [6, 6.07) is 9.50. The van der Waals surface area contributed by atoms with Crippen LogP contribution in [0.5, 0.6) is 0 Å². The quantitative estimate of drug-likeness (QED) is 0.535. The van der Waals surface area contributed by atoms with E-state index in [1.807, 2.05) is 17.5 Å². The predicted octanol–water partition coefficient (Wildman–Crippen LogP) is 2.30. The molecular formula is C15H15N5O3S3. The minimum absolute atomic E-state index is 0.0141. The molecule has 0 aliphatic carbocycles. The summed E-state index contributed by atoms with van der Waals surface area (Å²) < 4.78 is 22.5. The molecule has 0 spiro atoms. The summed E-state index contributed by atoms with van der Waals surface area (Å²) >= 11 is 2.76. The first-order chi connectivity index (χ1) is 12.3. The number of hydrogen-bond donors (Lipinski definition) is 3. The van der Waals surface area contributed by atoms with Crippen LogP contribution in [0, 0.1) is 0 Å². The molecule has 0 saturated carbocycles. The fourth-order valence-electron chi connectivity index (χ4n) is 2.01. The lowest BCUT2D eigenvalue weighted by Gasteiger charge is -2.10. The van der Waals surface area contributed by atoms with Gasteiger partial charge in [-0.2, -0.15) is 0 Å². The first-order valence-electron chi connectivity index (χ1n) is 7.39. The van der Waals surface area contributed by atoms with Crippen LogP contribution in [-0.4, -0.2) is 34.8 Å². The van der Waals surface area contributed by atoms with Gasteiger partial charge in [-0.25, -0.2) is 18.5 Å². The molecule has 0 bridgehead atoms. The summed E-state index contributed by atoms with van der Waals surface area (Å²) in [5, 5.41) is 16.7. The highest BCUT2D eigenvalue weighted by Gasteiger charge is 2.18. The van der Waals surface area contributed by atoms with Crippen molar-refractivity contribution in [3.63, 3.8) is 0 Å². The lowest BCUT2D eigenvalue weighted by atomic mass is 10.3. The minimum Gasteiger partial charge on any atom is -0.325 e. The van der Waals surface area contributed by atoms with E-state index in [4.69, 9.17) is 5.14 Å². The predicted molar refractivity (Wildman–Crippen MR) is 101 cm³/mol. The topological polar surface area (TPSA) is 131 Å². The van der Waals surface area contributed by atoms with Crippen LogP contribution in [0.15, 0.2) is 51.8 Å². The Morgan fingerprint density at radius 3 is 2.65 bits per heavy atom. The van der Waals surface area contributed by atoms with Gasteiger partial charge in [0.05, 0.1) is 15.0 Å². The molecule has 3 aromatic rings. The van der Waals surface area contributed by atoms with Crippen LogP contribution in [0.25, 0.3) is 10.7 Å². The van der Waals surface area contributed by atoms with Gasteiger partial charge in [0, 0.05) is 5.69 Å². The highest BCUT2D eigenvalue weighted by molar-refractivity contribution is 8.00. The Bertz CT molecular complexity index is 998. The molecule has 0 fully saturated rings. The molecule has 136 valence electrons. The van der Waals surface area contributed by atoms with Gasteiger partial charge in [0.1, 0.15) is 0 Å². The molecular weight excluding hydrogens is 394 g/mol. The summed E-state index contributed by atoms with van der Waals surface area (Å²) in [7, 11) is -3.76. The number of thioether (sulfide) groups is 1. The number of aromatic nitrogens is 3. The first kappa shape index (κ1) is 18.6. The van der Waals surface area contributed by atoms with Crippen LogP contribution in [0.1, 0.15) is 6.92 Å². The lowest BCUT2D eigenvalue weighted by molar-refractivity contribution is -0.115. The molecule has 1 unspecified atom stereocenters. The van der Waals surface area contributed by atoms with E-state index < -0.39 is 15.3 Å². The Morgan fingerprint density at radius 2 is 2.04 bits per heavy atom. The zero-order chi connectivity index (χ0) is 18.7. The largest absolute Gasteiger partial charge is 0.325 e. The molecule has 26 heavy (non-hydrogen) atoms. The maximum atomic E-state index is 12.3. The van der Waals surface area contributed by atoms with Crippen LogP contribution >= 0.6 is 23.1 Å². The van der Waals surface area contributed by atoms with E-state index in [0.717, 1.165) is 4.88 Å². The van der Waals surface area contributed by atoms with Crippen molar-refractivity contribution in [2.24, 2.45) is 5.14 Å². The van der Waals surface area contributed by atoms with Gasteiger partial charge >= 0.3 is 0 Å². The number of sulfonamides is 1. The molecule has 0 radical (unpaired) electrons. The van der Waals surface area contributed by atoms with E-state index in [0.29, 0.717) is 16.7 Å². The summed E-state index contributed by atoms with van der Waals surface area (Å²) in [6.07, 6.45) is 0.